The van der Waals surface area contributed by atoms with Crippen LogP contribution in [0.2, 0.25) is 0 Å². The van der Waals surface area contributed by atoms with Crippen LogP contribution in [0.1, 0.15) is 240 Å². The smallest absolute Gasteiger partial charge is 0.337 e. The van der Waals surface area contributed by atoms with Gasteiger partial charge in [0.15, 0.2) is 24.4 Å². The molecule has 4 aromatic carbocycles. The van der Waals surface area contributed by atoms with Gasteiger partial charge in [-0.15, -0.1) is 0 Å². The standard InChI is InChI=1S/4C18H26O3.CH4/c4*1-11(15(19)16(20)21)12-8-13(17(2,3)4)10-14(9-12)18(5,6)7;/h4*8-10,15,19H,1H2,2-7H3,(H,20,21);1H4. The zero-order valence-corrected chi connectivity index (χ0v) is 55.3. The molecule has 472 valence electrons. The number of aliphatic hydroxyl groups excluding tert-OH is 4. The van der Waals surface area contributed by atoms with Gasteiger partial charge in [-0.1, -0.05) is 273 Å². The first-order valence-electron chi connectivity index (χ1n) is 28.4. The first-order chi connectivity index (χ1) is 37.3. The molecule has 4 rings (SSSR count). The van der Waals surface area contributed by atoms with Gasteiger partial charge in [-0.25, -0.2) is 19.2 Å². The lowest BCUT2D eigenvalue weighted by Crippen LogP contribution is -2.22. The lowest BCUT2D eigenvalue weighted by molar-refractivity contribution is -0.144. The molecule has 0 spiro atoms. The Morgan fingerprint density at radius 2 is 0.353 bits per heavy atom. The van der Waals surface area contributed by atoms with Crippen LogP contribution in [0, 0.1) is 0 Å². The average molecular weight is 1180 g/mol. The summed E-state index contributed by atoms with van der Waals surface area (Å²) < 4.78 is 0. The monoisotopic (exact) mass is 1180 g/mol. The van der Waals surface area contributed by atoms with Crippen molar-refractivity contribution >= 4 is 46.2 Å². The van der Waals surface area contributed by atoms with Gasteiger partial charge in [-0.3, -0.25) is 0 Å². The van der Waals surface area contributed by atoms with E-state index >= 15 is 0 Å². The number of carboxylic acids is 4. The Kier molecular flexibility index (Phi) is 26.7. The summed E-state index contributed by atoms with van der Waals surface area (Å²) in [6, 6.07) is 23.9. The second kappa shape index (κ2) is 28.8. The summed E-state index contributed by atoms with van der Waals surface area (Å²) in [5.41, 5.74) is 11.9. The minimum absolute atomic E-state index is 0. The number of carboxylic acid groups (broad SMARTS) is 4. The van der Waals surface area contributed by atoms with Crippen LogP contribution in [0.15, 0.2) is 99.1 Å². The zero-order valence-electron chi connectivity index (χ0n) is 55.3. The summed E-state index contributed by atoms with van der Waals surface area (Å²) in [6.45, 7) is 65.6. The van der Waals surface area contributed by atoms with Gasteiger partial charge in [0, 0.05) is 0 Å². The molecular formula is C73H108O12. The van der Waals surface area contributed by atoms with E-state index in [1.807, 2.05) is 48.5 Å². The number of hydrogen-bond donors (Lipinski definition) is 8. The van der Waals surface area contributed by atoms with E-state index in [1.54, 1.807) is 0 Å². The van der Waals surface area contributed by atoms with Gasteiger partial charge in [0.05, 0.1) is 0 Å². The topological polar surface area (TPSA) is 230 Å². The number of benzene rings is 4. The minimum Gasteiger partial charge on any atom is -0.479 e. The fraction of sp³-hybridized carbons (Fsp3) is 0.507. The van der Waals surface area contributed by atoms with Gasteiger partial charge in [-0.2, -0.15) is 0 Å². The van der Waals surface area contributed by atoms with Crippen LogP contribution in [0.5, 0.6) is 0 Å². The van der Waals surface area contributed by atoms with E-state index in [0.717, 1.165) is 44.5 Å². The molecule has 0 bridgehead atoms. The number of aliphatic hydroxyl groups is 4. The van der Waals surface area contributed by atoms with Crippen LogP contribution in [-0.4, -0.2) is 89.1 Å². The third kappa shape index (κ3) is 23.4. The van der Waals surface area contributed by atoms with Crippen molar-refractivity contribution in [3.63, 3.8) is 0 Å². The molecule has 12 nitrogen and oxygen atoms in total. The van der Waals surface area contributed by atoms with Crippen LogP contribution in [0.4, 0.5) is 0 Å². The van der Waals surface area contributed by atoms with Crippen LogP contribution in [-0.2, 0) is 62.5 Å². The number of rotatable bonds is 12. The molecule has 8 N–H and O–H groups in total. The maximum absolute atomic E-state index is 11.0. The fourth-order valence-corrected chi connectivity index (χ4v) is 7.94. The average Bonchev–Trinajstić information content (AvgIpc) is 3.39. The van der Waals surface area contributed by atoms with Crippen molar-refractivity contribution in [2.24, 2.45) is 0 Å². The van der Waals surface area contributed by atoms with E-state index in [0.29, 0.717) is 22.3 Å². The summed E-state index contributed by atoms with van der Waals surface area (Å²) in [5.74, 6) is -5.12. The van der Waals surface area contributed by atoms with E-state index < -0.39 is 48.3 Å². The number of carbonyl (C=O) groups is 4. The van der Waals surface area contributed by atoms with Gasteiger partial charge in [0.1, 0.15) is 0 Å². The van der Waals surface area contributed by atoms with Gasteiger partial charge >= 0.3 is 23.9 Å². The molecule has 0 amide bonds. The van der Waals surface area contributed by atoms with Crippen molar-refractivity contribution in [1.82, 2.24) is 0 Å². The summed E-state index contributed by atoms with van der Waals surface area (Å²) in [7, 11) is 0. The normalized spacial score (nSPS) is 13.7. The molecule has 0 aliphatic carbocycles. The van der Waals surface area contributed by atoms with E-state index in [4.69, 9.17) is 20.4 Å². The lowest BCUT2D eigenvalue weighted by atomic mass is 9.78. The SMILES string of the molecule is C.C=C(c1cc(C(C)(C)C)cc(C(C)(C)C)c1)C(O)C(=O)O.C=C(c1cc(C(C)(C)C)cc(C(C)(C)C)c1)C(O)C(=O)O.C=C(c1cc(C(C)(C)C)cc(C(C)(C)C)c1)C(O)C(=O)O.C=C(c1cc(C(C)(C)C)cc(C(C)(C)C)c1)C(O)C(=O)O. The Bertz CT molecular complexity index is 2510. The fourth-order valence-electron chi connectivity index (χ4n) is 7.94. The Morgan fingerprint density at radius 1 is 0.259 bits per heavy atom. The van der Waals surface area contributed by atoms with Gasteiger partial charge in [-0.05, 0) is 132 Å². The highest BCUT2D eigenvalue weighted by Crippen LogP contribution is 2.37. The van der Waals surface area contributed by atoms with Crippen LogP contribution in [0.25, 0.3) is 22.3 Å². The summed E-state index contributed by atoms with van der Waals surface area (Å²) in [6.07, 6.45) is -6.30. The highest BCUT2D eigenvalue weighted by atomic mass is 16.4. The molecule has 4 atom stereocenters. The number of aliphatic carboxylic acids is 4. The molecule has 85 heavy (non-hydrogen) atoms. The summed E-state index contributed by atoms with van der Waals surface area (Å²) in [4.78, 5) is 43.9. The van der Waals surface area contributed by atoms with Gasteiger partial charge in [0.2, 0.25) is 0 Å². The van der Waals surface area contributed by atoms with Crippen molar-refractivity contribution in [3.05, 3.63) is 166 Å². The molecule has 4 aromatic rings. The largest absolute Gasteiger partial charge is 0.479 e. The predicted molar refractivity (Wildman–Crippen MR) is 353 cm³/mol. The Hall–Kier alpha value is -6.44. The third-order valence-electron chi connectivity index (χ3n) is 14.4. The molecule has 0 saturated carbocycles. The van der Waals surface area contributed by atoms with Crippen LogP contribution < -0.4 is 0 Å². The molecule has 0 saturated heterocycles. The summed E-state index contributed by atoms with van der Waals surface area (Å²) in [5, 5.41) is 74.8. The first-order valence-corrected chi connectivity index (χ1v) is 28.4. The Morgan fingerprint density at radius 3 is 0.424 bits per heavy atom. The molecule has 0 heterocycles. The third-order valence-corrected chi connectivity index (χ3v) is 14.4. The summed E-state index contributed by atoms with van der Waals surface area (Å²) >= 11 is 0. The second-order valence-corrected chi connectivity index (χ2v) is 30.3. The molecule has 12 heteroatoms. The van der Waals surface area contributed by atoms with E-state index in [9.17, 15) is 39.6 Å². The molecule has 0 aromatic heterocycles. The van der Waals surface area contributed by atoms with E-state index in [-0.39, 0.29) is 73.0 Å². The lowest BCUT2D eigenvalue weighted by Gasteiger charge is -2.27. The highest BCUT2D eigenvalue weighted by Gasteiger charge is 2.29. The molecule has 0 aliphatic rings. The number of hydrogen-bond acceptors (Lipinski definition) is 8. The molecule has 0 aliphatic heterocycles. The van der Waals surface area contributed by atoms with Crippen molar-refractivity contribution < 1.29 is 60.0 Å². The quantitative estimate of drug-likeness (QED) is 0.0662. The van der Waals surface area contributed by atoms with Crippen molar-refractivity contribution in [2.75, 3.05) is 0 Å². The Labute approximate surface area is 511 Å². The first kappa shape index (κ1) is 78.6. The zero-order chi connectivity index (χ0) is 66.3. The molecule has 4 unspecified atom stereocenters. The maximum atomic E-state index is 11.0. The maximum Gasteiger partial charge on any atom is 0.337 e. The predicted octanol–water partition coefficient (Wildman–Crippen LogP) is 15.6. The molecule has 0 radical (unpaired) electrons. The van der Waals surface area contributed by atoms with Crippen molar-refractivity contribution in [3.8, 4) is 0 Å². The van der Waals surface area contributed by atoms with E-state index in [1.165, 1.54) is 0 Å². The molecule has 0 fully saturated rings. The van der Waals surface area contributed by atoms with Gasteiger partial charge < -0.3 is 40.9 Å². The molecular weight excluding hydrogens is 1070 g/mol. The minimum atomic E-state index is -1.58. The van der Waals surface area contributed by atoms with Crippen LogP contribution >= 0.6 is 0 Å². The second-order valence-electron chi connectivity index (χ2n) is 30.3. The van der Waals surface area contributed by atoms with Crippen molar-refractivity contribution in [1.29, 1.82) is 0 Å². The van der Waals surface area contributed by atoms with Gasteiger partial charge in [0.25, 0.3) is 0 Å². The van der Waals surface area contributed by atoms with Crippen molar-refractivity contribution in [2.45, 2.75) is 241 Å². The highest BCUT2D eigenvalue weighted by molar-refractivity contribution is 5.91. The Balaban J connectivity index is 0.00000110. The van der Waals surface area contributed by atoms with E-state index in [2.05, 4.69) is 217 Å². The van der Waals surface area contributed by atoms with Crippen LogP contribution in [0.3, 0.4) is 0 Å².